The lowest BCUT2D eigenvalue weighted by molar-refractivity contribution is 0.0992. The van der Waals surface area contributed by atoms with Gasteiger partial charge in [0.1, 0.15) is 6.07 Å². The molecule has 0 bridgehead atoms. The van der Waals surface area contributed by atoms with Gasteiger partial charge in [-0.25, -0.2) is 9.67 Å². The van der Waals surface area contributed by atoms with Crippen LogP contribution in [0.15, 0.2) is 48.7 Å². The van der Waals surface area contributed by atoms with Gasteiger partial charge in [-0.05, 0) is 56.3 Å². The molecule has 1 amide bonds. The van der Waals surface area contributed by atoms with Crippen LogP contribution in [0.25, 0.3) is 5.69 Å². The highest BCUT2D eigenvalue weighted by molar-refractivity contribution is 6.05. The Morgan fingerprint density at radius 2 is 1.92 bits per heavy atom. The van der Waals surface area contributed by atoms with E-state index in [4.69, 9.17) is 0 Å². The van der Waals surface area contributed by atoms with E-state index < -0.39 is 0 Å². The van der Waals surface area contributed by atoms with Crippen LogP contribution in [0.2, 0.25) is 0 Å². The Labute approximate surface area is 146 Å². The Hall–Kier alpha value is -3.46. The van der Waals surface area contributed by atoms with Crippen LogP contribution in [0.4, 0.5) is 5.82 Å². The van der Waals surface area contributed by atoms with Crippen molar-refractivity contribution in [2.45, 2.75) is 13.8 Å². The van der Waals surface area contributed by atoms with Crippen LogP contribution in [-0.4, -0.2) is 27.7 Å². The van der Waals surface area contributed by atoms with Gasteiger partial charge >= 0.3 is 0 Å². The minimum absolute atomic E-state index is 0.227. The molecule has 0 radical (unpaired) electrons. The maximum atomic E-state index is 12.7. The fourth-order valence-electron chi connectivity index (χ4n) is 2.68. The molecule has 25 heavy (non-hydrogen) atoms. The quantitative estimate of drug-likeness (QED) is 0.739. The number of carbonyl (C=O) groups excluding carboxylic acids is 1. The molecule has 0 saturated heterocycles. The van der Waals surface area contributed by atoms with Crippen molar-refractivity contribution in [1.82, 2.24) is 14.8 Å². The highest BCUT2D eigenvalue weighted by atomic mass is 16.2. The number of nitrogens with zero attached hydrogens (tertiary/aromatic N) is 5. The number of aromatic nitrogens is 3. The van der Waals surface area contributed by atoms with Crippen molar-refractivity contribution in [2.24, 2.45) is 0 Å². The third kappa shape index (κ3) is 3.12. The van der Waals surface area contributed by atoms with Crippen LogP contribution in [0.5, 0.6) is 0 Å². The Kier molecular flexibility index (Phi) is 4.31. The van der Waals surface area contributed by atoms with Crippen molar-refractivity contribution in [1.29, 1.82) is 5.26 Å². The van der Waals surface area contributed by atoms with Crippen molar-refractivity contribution in [3.05, 3.63) is 71.2 Å². The standard InChI is InChI=1S/C19H17N5O/c1-13-11-14(2)24(22-13)17-8-6-15(7-9-17)19(25)23(3)18-16(12-20)5-4-10-21-18/h4-11H,1-3H3. The topological polar surface area (TPSA) is 74.8 Å². The van der Waals surface area contributed by atoms with Crippen LogP contribution >= 0.6 is 0 Å². The number of carbonyl (C=O) groups is 1. The fourth-order valence-corrected chi connectivity index (χ4v) is 2.68. The Morgan fingerprint density at radius 1 is 1.20 bits per heavy atom. The SMILES string of the molecule is Cc1cc(C)n(-c2ccc(C(=O)N(C)c3ncccc3C#N)cc2)n1. The summed E-state index contributed by atoms with van der Waals surface area (Å²) < 4.78 is 1.83. The van der Waals surface area contributed by atoms with E-state index in [-0.39, 0.29) is 5.91 Å². The Balaban J connectivity index is 1.88. The summed E-state index contributed by atoms with van der Waals surface area (Å²) in [5, 5.41) is 13.6. The van der Waals surface area contributed by atoms with Crippen LogP contribution < -0.4 is 4.90 Å². The number of hydrogen-bond acceptors (Lipinski definition) is 4. The second-order valence-electron chi connectivity index (χ2n) is 5.74. The van der Waals surface area contributed by atoms with Gasteiger partial charge in [0.05, 0.1) is 16.9 Å². The summed E-state index contributed by atoms with van der Waals surface area (Å²) in [5.41, 5.74) is 3.73. The second-order valence-corrected chi connectivity index (χ2v) is 5.74. The predicted molar refractivity (Wildman–Crippen MR) is 94.7 cm³/mol. The van der Waals surface area contributed by atoms with Crippen molar-refractivity contribution < 1.29 is 4.79 Å². The number of rotatable bonds is 3. The molecule has 124 valence electrons. The highest BCUT2D eigenvalue weighted by Crippen LogP contribution is 2.19. The summed E-state index contributed by atoms with van der Waals surface area (Å²) in [5.74, 6) is 0.118. The molecule has 6 heteroatoms. The van der Waals surface area contributed by atoms with E-state index in [0.29, 0.717) is 16.9 Å². The second kappa shape index (κ2) is 6.57. The molecule has 0 spiro atoms. The van der Waals surface area contributed by atoms with Crippen LogP contribution in [0, 0.1) is 25.2 Å². The number of pyridine rings is 1. The number of benzene rings is 1. The lowest BCUT2D eigenvalue weighted by Crippen LogP contribution is -2.27. The molecule has 2 heterocycles. The van der Waals surface area contributed by atoms with Gasteiger partial charge in [-0.3, -0.25) is 9.69 Å². The van der Waals surface area contributed by atoms with Crippen LogP contribution in [0.3, 0.4) is 0 Å². The summed E-state index contributed by atoms with van der Waals surface area (Å²) in [6, 6.07) is 14.6. The summed E-state index contributed by atoms with van der Waals surface area (Å²) >= 11 is 0. The number of nitriles is 1. The molecule has 0 atom stereocenters. The zero-order valence-electron chi connectivity index (χ0n) is 14.3. The average Bonchev–Trinajstić information content (AvgIpc) is 2.98. The molecule has 2 aromatic heterocycles. The van der Waals surface area contributed by atoms with E-state index in [1.165, 1.54) is 4.90 Å². The van der Waals surface area contributed by atoms with Gasteiger partial charge in [-0.1, -0.05) is 0 Å². The van der Waals surface area contributed by atoms with Crippen molar-refractivity contribution in [3.63, 3.8) is 0 Å². The first-order valence-corrected chi connectivity index (χ1v) is 7.78. The van der Waals surface area contributed by atoms with E-state index in [1.54, 1.807) is 37.5 Å². The monoisotopic (exact) mass is 331 g/mol. The van der Waals surface area contributed by atoms with E-state index in [1.807, 2.05) is 36.7 Å². The highest BCUT2D eigenvalue weighted by Gasteiger charge is 2.17. The molecule has 6 nitrogen and oxygen atoms in total. The molecule has 1 aromatic carbocycles. The summed E-state index contributed by atoms with van der Waals surface area (Å²) in [6.07, 6.45) is 1.56. The number of hydrogen-bond donors (Lipinski definition) is 0. The zero-order valence-corrected chi connectivity index (χ0v) is 14.3. The fraction of sp³-hybridized carbons (Fsp3) is 0.158. The van der Waals surface area contributed by atoms with Gasteiger partial charge in [0.25, 0.3) is 5.91 Å². The third-order valence-corrected chi connectivity index (χ3v) is 3.90. The maximum absolute atomic E-state index is 12.7. The third-order valence-electron chi connectivity index (χ3n) is 3.90. The van der Waals surface area contributed by atoms with E-state index in [2.05, 4.69) is 16.2 Å². The van der Waals surface area contributed by atoms with Crippen molar-refractivity contribution >= 4 is 11.7 Å². The van der Waals surface area contributed by atoms with Crippen LogP contribution in [-0.2, 0) is 0 Å². The van der Waals surface area contributed by atoms with E-state index in [0.717, 1.165) is 17.1 Å². The first-order chi connectivity index (χ1) is 12.0. The molecule has 0 unspecified atom stereocenters. The average molecular weight is 331 g/mol. The summed E-state index contributed by atoms with van der Waals surface area (Å²) in [6.45, 7) is 3.92. The minimum atomic E-state index is -0.227. The lowest BCUT2D eigenvalue weighted by atomic mass is 10.1. The Bertz CT molecular complexity index is 966. The smallest absolute Gasteiger partial charge is 0.259 e. The molecular formula is C19H17N5O. The van der Waals surface area contributed by atoms with Crippen LogP contribution in [0.1, 0.15) is 27.3 Å². The zero-order chi connectivity index (χ0) is 18.0. The van der Waals surface area contributed by atoms with E-state index in [9.17, 15) is 10.1 Å². The molecule has 0 fully saturated rings. The van der Waals surface area contributed by atoms with Gasteiger partial charge in [-0.15, -0.1) is 0 Å². The maximum Gasteiger partial charge on any atom is 0.259 e. The number of aryl methyl sites for hydroxylation is 2. The molecule has 0 saturated carbocycles. The summed E-state index contributed by atoms with van der Waals surface area (Å²) in [7, 11) is 1.61. The molecule has 3 rings (SSSR count). The molecule has 0 aliphatic rings. The minimum Gasteiger partial charge on any atom is -0.295 e. The number of amides is 1. The molecule has 0 aliphatic heterocycles. The summed E-state index contributed by atoms with van der Waals surface area (Å²) in [4.78, 5) is 18.2. The Morgan fingerprint density at radius 3 is 2.52 bits per heavy atom. The largest absolute Gasteiger partial charge is 0.295 e. The lowest BCUT2D eigenvalue weighted by Gasteiger charge is -2.17. The van der Waals surface area contributed by atoms with Crippen molar-refractivity contribution in [3.8, 4) is 11.8 Å². The molecule has 3 aromatic rings. The molecule has 0 N–H and O–H groups in total. The van der Waals surface area contributed by atoms with Gasteiger partial charge in [0.15, 0.2) is 5.82 Å². The molecule has 0 aliphatic carbocycles. The van der Waals surface area contributed by atoms with Crippen molar-refractivity contribution in [2.75, 3.05) is 11.9 Å². The number of anilines is 1. The van der Waals surface area contributed by atoms with Gasteiger partial charge in [0.2, 0.25) is 0 Å². The molecular weight excluding hydrogens is 314 g/mol. The van der Waals surface area contributed by atoms with Gasteiger partial charge in [-0.2, -0.15) is 10.4 Å². The normalized spacial score (nSPS) is 10.3. The van der Waals surface area contributed by atoms with Gasteiger partial charge in [0, 0.05) is 24.5 Å². The van der Waals surface area contributed by atoms with Gasteiger partial charge < -0.3 is 0 Å². The predicted octanol–water partition coefficient (Wildman–Crippen LogP) is 3.03. The first-order valence-electron chi connectivity index (χ1n) is 7.78. The van der Waals surface area contributed by atoms with E-state index >= 15 is 0 Å². The first kappa shape index (κ1) is 16.4.